The zero-order valence-corrected chi connectivity index (χ0v) is 12.9. The number of nitrogens with one attached hydrogen (secondary N) is 1. The van der Waals surface area contributed by atoms with Gasteiger partial charge in [-0.2, -0.15) is 0 Å². The summed E-state index contributed by atoms with van der Waals surface area (Å²) in [4.78, 5) is 14.4. The number of rotatable bonds is 4. The Morgan fingerprint density at radius 1 is 1.37 bits per heavy atom. The van der Waals surface area contributed by atoms with Crippen molar-refractivity contribution < 1.29 is 4.79 Å². The average Bonchev–Trinajstić information content (AvgIpc) is 2.41. The van der Waals surface area contributed by atoms with E-state index in [1.54, 1.807) is 0 Å². The molecule has 1 saturated heterocycles. The predicted molar refractivity (Wildman–Crippen MR) is 81.4 cm³/mol. The van der Waals surface area contributed by atoms with E-state index in [2.05, 4.69) is 33.1 Å². The van der Waals surface area contributed by atoms with Gasteiger partial charge in [0.05, 0.1) is 0 Å². The molecular weight excluding hydrogens is 304 g/mol. The number of hydrogen-bond donors (Lipinski definition) is 1. The van der Waals surface area contributed by atoms with Crippen molar-refractivity contribution in [1.82, 2.24) is 10.2 Å². The van der Waals surface area contributed by atoms with Crippen LogP contribution >= 0.6 is 15.9 Å². The lowest BCUT2D eigenvalue weighted by Gasteiger charge is -2.33. The average molecular weight is 325 g/mol. The molecule has 1 N–H and O–H groups in total. The van der Waals surface area contributed by atoms with Crippen LogP contribution in [0.15, 0.2) is 28.7 Å². The maximum Gasteiger partial charge on any atom is 0.251 e. The molecule has 0 unspecified atom stereocenters. The van der Waals surface area contributed by atoms with E-state index >= 15 is 0 Å². The van der Waals surface area contributed by atoms with Crippen LogP contribution in [0.25, 0.3) is 0 Å². The fourth-order valence-corrected chi connectivity index (χ4v) is 2.77. The third-order valence-corrected chi connectivity index (χ3v) is 4.26. The molecule has 1 amide bonds. The Kier molecular flexibility index (Phi) is 5.40. The second-order valence-electron chi connectivity index (χ2n) is 5.14. The molecule has 1 fully saturated rings. The van der Waals surface area contributed by atoms with Crippen LogP contribution in [0.1, 0.15) is 36.5 Å². The zero-order chi connectivity index (χ0) is 13.7. The number of nitrogens with zero attached hydrogens (tertiary/aromatic N) is 1. The molecule has 0 saturated carbocycles. The molecule has 0 bridgehead atoms. The lowest BCUT2D eigenvalue weighted by Crippen LogP contribution is -2.42. The number of benzene rings is 1. The summed E-state index contributed by atoms with van der Waals surface area (Å²) in [5.41, 5.74) is 0.717. The summed E-state index contributed by atoms with van der Waals surface area (Å²) < 4.78 is 0.992. The Morgan fingerprint density at radius 2 is 2.11 bits per heavy atom. The molecule has 19 heavy (non-hydrogen) atoms. The molecule has 1 aliphatic heterocycles. The summed E-state index contributed by atoms with van der Waals surface area (Å²) in [6.07, 6.45) is 3.90. The summed E-state index contributed by atoms with van der Waals surface area (Å²) >= 11 is 3.37. The van der Waals surface area contributed by atoms with Gasteiger partial charge >= 0.3 is 0 Å². The number of hydrogen-bond acceptors (Lipinski definition) is 2. The van der Waals surface area contributed by atoms with Crippen LogP contribution in [0.2, 0.25) is 0 Å². The first-order chi connectivity index (χ1) is 9.16. The summed E-state index contributed by atoms with van der Waals surface area (Å²) in [6.45, 7) is 5.10. The first-order valence-electron chi connectivity index (χ1n) is 6.94. The number of likely N-dealkylation sites (tertiary alicyclic amines) is 1. The smallest absolute Gasteiger partial charge is 0.251 e. The molecule has 0 aromatic heterocycles. The molecule has 1 heterocycles. The molecule has 1 aromatic rings. The van der Waals surface area contributed by atoms with Crippen molar-refractivity contribution >= 4 is 21.8 Å². The molecule has 0 spiro atoms. The first-order valence-corrected chi connectivity index (χ1v) is 7.74. The van der Waals surface area contributed by atoms with Crippen LogP contribution < -0.4 is 5.32 Å². The lowest BCUT2D eigenvalue weighted by atomic mass is 10.0. The van der Waals surface area contributed by atoms with Gasteiger partial charge in [0.15, 0.2) is 0 Å². The minimum atomic E-state index is 0.0113. The summed E-state index contributed by atoms with van der Waals surface area (Å²) in [7, 11) is 0. The van der Waals surface area contributed by atoms with Gasteiger partial charge in [0.1, 0.15) is 0 Å². The molecule has 0 radical (unpaired) electrons. The van der Waals surface area contributed by atoms with Crippen LogP contribution in [-0.2, 0) is 0 Å². The first kappa shape index (κ1) is 14.5. The van der Waals surface area contributed by atoms with Crippen molar-refractivity contribution in [2.45, 2.75) is 32.2 Å². The SMILES string of the molecule is C[C@@H]1CCCCN1CCNC(=O)c1ccc(Br)cc1. The summed E-state index contributed by atoms with van der Waals surface area (Å²) in [5, 5.41) is 2.99. The summed E-state index contributed by atoms with van der Waals surface area (Å²) in [6, 6.07) is 8.10. The molecule has 3 nitrogen and oxygen atoms in total. The second-order valence-corrected chi connectivity index (χ2v) is 6.06. The Morgan fingerprint density at radius 3 is 2.79 bits per heavy atom. The summed E-state index contributed by atoms with van der Waals surface area (Å²) in [5.74, 6) is 0.0113. The van der Waals surface area contributed by atoms with E-state index in [0.717, 1.165) is 29.7 Å². The van der Waals surface area contributed by atoms with E-state index in [1.165, 1.54) is 19.3 Å². The third-order valence-electron chi connectivity index (χ3n) is 3.73. The molecule has 1 aliphatic rings. The molecule has 2 rings (SSSR count). The van der Waals surface area contributed by atoms with E-state index in [4.69, 9.17) is 0 Å². The van der Waals surface area contributed by atoms with E-state index in [1.807, 2.05) is 24.3 Å². The topological polar surface area (TPSA) is 32.3 Å². The van der Waals surface area contributed by atoms with Gasteiger partial charge in [-0.3, -0.25) is 9.69 Å². The van der Waals surface area contributed by atoms with Crippen LogP contribution in [0, 0.1) is 0 Å². The van der Waals surface area contributed by atoms with Crippen LogP contribution in [0.3, 0.4) is 0 Å². The Hall–Kier alpha value is -0.870. The Labute approximate surface area is 123 Å². The van der Waals surface area contributed by atoms with Gasteiger partial charge in [-0.05, 0) is 50.6 Å². The van der Waals surface area contributed by atoms with Gasteiger partial charge in [-0.15, -0.1) is 0 Å². The fraction of sp³-hybridized carbons (Fsp3) is 0.533. The number of halogens is 1. The molecule has 104 valence electrons. The standard InChI is InChI=1S/C15H21BrN2O/c1-12-4-2-3-10-18(12)11-9-17-15(19)13-5-7-14(16)8-6-13/h5-8,12H,2-4,9-11H2,1H3,(H,17,19)/t12-/m1/s1. The Balaban J connectivity index is 1.76. The molecule has 0 aliphatic carbocycles. The maximum atomic E-state index is 11.9. The lowest BCUT2D eigenvalue weighted by molar-refractivity contribution is 0.0938. The van der Waals surface area contributed by atoms with Gasteiger partial charge in [-0.25, -0.2) is 0 Å². The van der Waals surface area contributed by atoms with Crippen LogP contribution in [-0.4, -0.2) is 36.5 Å². The van der Waals surface area contributed by atoms with Gasteiger partial charge in [0.25, 0.3) is 5.91 Å². The van der Waals surface area contributed by atoms with Crippen molar-refractivity contribution in [3.8, 4) is 0 Å². The molecule has 1 aromatic carbocycles. The predicted octanol–water partition coefficient (Wildman–Crippen LogP) is 3.05. The third kappa shape index (κ3) is 4.32. The van der Waals surface area contributed by atoms with Crippen LogP contribution in [0.4, 0.5) is 0 Å². The highest BCUT2D eigenvalue weighted by Gasteiger charge is 2.17. The normalized spacial score (nSPS) is 20.2. The van der Waals surface area contributed by atoms with E-state index in [9.17, 15) is 4.79 Å². The van der Waals surface area contributed by atoms with Crippen molar-refractivity contribution in [2.24, 2.45) is 0 Å². The van der Waals surface area contributed by atoms with Gasteiger partial charge in [-0.1, -0.05) is 22.4 Å². The second kappa shape index (κ2) is 7.06. The number of carbonyl (C=O) groups excluding carboxylic acids is 1. The fourth-order valence-electron chi connectivity index (χ4n) is 2.51. The van der Waals surface area contributed by atoms with Gasteiger partial charge in [0, 0.05) is 29.2 Å². The largest absolute Gasteiger partial charge is 0.351 e. The molecule has 4 heteroatoms. The van der Waals surface area contributed by atoms with Crippen molar-refractivity contribution in [1.29, 1.82) is 0 Å². The van der Waals surface area contributed by atoms with Crippen molar-refractivity contribution in [2.75, 3.05) is 19.6 Å². The highest BCUT2D eigenvalue weighted by atomic mass is 79.9. The number of amides is 1. The van der Waals surface area contributed by atoms with Gasteiger partial charge < -0.3 is 5.32 Å². The van der Waals surface area contributed by atoms with E-state index in [-0.39, 0.29) is 5.91 Å². The van der Waals surface area contributed by atoms with Crippen molar-refractivity contribution in [3.05, 3.63) is 34.3 Å². The zero-order valence-electron chi connectivity index (χ0n) is 11.4. The molecular formula is C15H21BrN2O. The number of carbonyl (C=O) groups is 1. The monoisotopic (exact) mass is 324 g/mol. The van der Waals surface area contributed by atoms with Crippen molar-refractivity contribution in [3.63, 3.8) is 0 Å². The van der Waals surface area contributed by atoms with E-state index < -0.39 is 0 Å². The Bertz CT molecular complexity index is 419. The minimum absolute atomic E-state index is 0.0113. The minimum Gasteiger partial charge on any atom is -0.351 e. The molecule has 1 atom stereocenters. The highest BCUT2D eigenvalue weighted by molar-refractivity contribution is 9.10. The van der Waals surface area contributed by atoms with Crippen LogP contribution in [0.5, 0.6) is 0 Å². The quantitative estimate of drug-likeness (QED) is 0.923. The highest BCUT2D eigenvalue weighted by Crippen LogP contribution is 2.15. The number of piperidine rings is 1. The van der Waals surface area contributed by atoms with E-state index in [0.29, 0.717) is 6.04 Å². The van der Waals surface area contributed by atoms with Gasteiger partial charge in [0.2, 0.25) is 0 Å². The maximum absolute atomic E-state index is 11.9.